The minimum Gasteiger partial charge on any atom is -0.348 e. The number of aromatic nitrogens is 4. The van der Waals surface area contributed by atoms with Gasteiger partial charge < -0.3 is 9.88 Å². The van der Waals surface area contributed by atoms with Gasteiger partial charge in [0.15, 0.2) is 0 Å². The second kappa shape index (κ2) is 5.05. The Morgan fingerprint density at radius 1 is 1.53 bits per heavy atom. The maximum absolute atomic E-state index is 11.6. The molecule has 0 aliphatic rings. The van der Waals surface area contributed by atoms with Crippen molar-refractivity contribution in [3.63, 3.8) is 0 Å². The predicted octanol–water partition coefficient (Wildman–Crippen LogP) is 0.781. The van der Waals surface area contributed by atoms with Crippen LogP contribution in [0.2, 0.25) is 0 Å². The van der Waals surface area contributed by atoms with Crippen LogP contribution in [-0.2, 0) is 6.54 Å². The summed E-state index contributed by atoms with van der Waals surface area (Å²) >= 11 is 1.12. The number of hydrogen-bond acceptors (Lipinski definition) is 5. The molecule has 1 amide bonds. The van der Waals surface area contributed by atoms with Crippen molar-refractivity contribution in [2.75, 3.05) is 6.54 Å². The van der Waals surface area contributed by atoms with Crippen LogP contribution in [0.15, 0.2) is 12.4 Å². The van der Waals surface area contributed by atoms with Crippen molar-refractivity contribution >= 4 is 17.4 Å². The van der Waals surface area contributed by atoms with E-state index in [9.17, 15) is 4.79 Å². The molecule has 0 saturated heterocycles. The van der Waals surface area contributed by atoms with Crippen molar-refractivity contribution in [3.8, 4) is 0 Å². The fraction of sp³-hybridized carbons (Fsp3) is 0.400. The molecule has 0 aromatic carbocycles. The van der Waals surface area contributed by atoms with Crippen molar-refractivity contribution < 1.29 is 4.79 Å². The van der Waals surface area contributed by atoms with Gasteiger partial charge in [0, 0.05) is 25.5 Å². The molecule has 2 aromatic heterocycles. The molecule has 0 radical (unpaired) electrons. The van der Waals surface area contributed by atoms with E-state index in [2.05, 4.69) is 19.7 Å². The molecule has 17 heavy (non-hydrogen) atoms. The lowest BCUT2D eigenvalue weighted by atomic mass is 10.5. The van der Waals surface area contributed by atoms with Crippen LogP contribution in [0.1, 0.15) is 21.5 Å². The van der Waals surface area contributed by atoms with Crippen molar-refractivity contribution in [2.45, 2.75) is 20.4 Å². The lowest BCUT2D eigenvalue weighted by Gasteiger charge is -2.05. The number of carbonyl (C=O) groups excluding carboxylic acids is 1. The van der Waals surface area contributed by atoms with Crippen LogP contribution >= 0.6 is 11.5 Å². The van der Waals surface area contributed by atoms with Crippen LogP contribution < -0.4 is 5.32 Å². The number of rotatable bonds is 4. The summed E-state index contributed by atoms with van der Waals surface area (Å²) in [4.78, 5) is 19.8. The van der Waals surface area contributed by atoms with Gasteiger partial charge in [-0.15, -0.1) is 0 Å². The molecule has 2 rings (SSSR count). The Kier molecular flexibility index (Phi) is 3.48. The van der Waals surface area contributed by atoms with Crippen LogP contribution in [-0.4, -0.2) is 31.4 Å². The Bertz CT molecular complexity index is 518. The Morgan fingerprint density at radius 2 is 2.35 bits per heavy atom. The number of nitrogens with one attached hydrogen (secondary N) is 1. The standard InChI is InChI=1S/C10H13N5OS/c1-7-13-10(17-14-7)9(16)12-4-6-15-5-3-11-8(15)2/h3,5H,4,6H2,1-2H3,(H,12,16). The van der Waals surface area contributed by atoms with Crippen LogP contribution in [0.25, 0.3) is 0 Å². The smallest absolute Gasteiger partial charge is 0.281 e. The van der Waals surface area contributed by atoms with E-state index < -0.39 is 0 Å². The van der Waals surface area contributed by atoms with Gasteiger partial charge in [-0.1, -0.05) is 0 Å². The Hall–Kier alpha value is -1.76. The van der Waals surface area contributed by atoms with Gasteiger partial charge in [-0.05, 0) is 25.4 Å². The first-order chi connectivity index (χ1) is 8.16. The summed E-state index contributed by atoms with van der Waals surface area (Å²) < 4.78 is 5.94. The minimum absolute atomic E-state index is 0.173. The summed E-state index contributed by atoms with van der Waals surface area (Å²) in [6.45, 7) is 4.95. The molecule has 0 fully saturated rings. The fourth-order valence-electron chi connectivity index (χ4n) is 1.39. The third-order valence-electron chi connectivity index (χ3n) is 2.28. The van der Waals surface area contributed by atoms with Gasteiger partial charge in [0.1, 0.15) is 11.6 Å². The maximum atomic E-state index is 11.6. The highest BCUT2D eigenvalue weighted by molar-refractivity contribution is 7.07. The van der Waals surface area contributed by atoms with Crippen molar-refractivity contribution in [1.82, 2.24) is 24.2 Å². The molecule has 0 saturated carbocycles. The molecule has 0 unspecified atom stereocenters. The zero-order valence-electron chi connectivity index (χ0n) is 9.67. The summed E-state index contributed by atoms with van der Waals surface area (Å²) in [5, 5.41) is 3.21. The van der Waals surface area contributed by atoms with E-state index in [4.69, 9.17) is 0 Å². The molecule has 6 nitrogen and oxygen atoms in total. The number of aryl methyl sites for hydroxylation is 2. The average Bonchev–Trinajstić information content (AvgIpc) is 2.88. The van der Waals surface area contributed by atoms with E-state index in [1.165, 1.54) is 0 Å². The molecular weight excluding hydrogens is 238 g/mol. The maximum Gasteiger partial charge on any atom is 0.281 e. The van der Waals surface area contributed by atoms with Crippen LogP contribution in [0, 0.1) is 13.8 Å². The lowest BCUT2D eigenvalue weighted by molar-refractivity contribution is 0.0951. The number of carbonyl (C=O) groups is 1. The third-order valence-corrected chi connectivity index (χ3v) is 3.09. The molecule has 2 aromatic rings. The predicted molar refractivity (Wildman–Crippen MR) is 63.9 cm³/mol. The third kappa shape index (κ3) is 2.88. The number of amides is 1. The van der Waals surface area contributed by atoms with E-state index in [0.717, 1.165) is 17.4 Å². The quantitative estimate of drug-likeness (QED) is 0.871. The van der Waals surface area contributed by atoms with E-state index in [-0.39, 0.29) is 5.91 Å². The largest absolute Gasteiger partial charge is 0.348 e. The van der Waals surface area contributed by atoms with Crippen LogP contribution in [0.3, 0.4) is 0 Å². The second-order valence-corrected chi connectivity index (χ2v) is 4.32. The lowest BCUT2D eigenvalue weighted by Crippen LogP contribution is -2.27. The molecular formula is C10H13N5OS. The number of imidazole rings is 1. The first-order valence-corrected chi connectivity index (χ1v) is 6.00. The normalized spacial score (nSPS) is 10.5. The summed E-state index contributed by atoms with van der Waals surface area (Å²) in [5.74, 6) is 1.39. The van der Waals surface area contributed by atoms with Crippen molar-refractivity contribution in [1.29, 1.82) is 0 Å². The molecule has 1 N–H and O–H groups in total. The van der Waals surface area contributed by atoms with Gasteiger partial charge in [-0.2, -0.15) is 4.37 Å². The van der Waals surface area contributed by atoms with Gasteiger partial charge in [0.2, 0.25) is 5.01 Å². The zero-order chi connectivity index (χ0) is 12.3. The van der Waals surface area contributed by atoms with E-state index in [1.807, 2.05) is 17.7 Å². The highest BCUT2D eigenvalue weighted by atomic mass is 32.1. The summed E-state index contributed by atoms with van der Waals surface area (Å²) in [6.07, 6.45) is 3.63. The zero-order valence-corrected chi connectivity index (χ0v) is 10.5. The monoisotopic (exact) mass is 251 g/mol. The summed E-state index contributed by atoms with van der Waals surface area (Å²) in [7, 11) is 0. The van der Waals surface area contributed by atoms with Gasteiger partial charge in [0.05, 0.1) is 0 Å². The molecule has 7 heteroatoms. The van der Waals surface area contributed by atoms with Gasteiger partial charge in [-0.25, -0.2) is 9.97 Å². The first-order valence-electron chi connectivity index (χ1n) is 5.23. The SMILES string of the molecule is Cc1nsc(C(=O)NCCn2ccnc2C)n1. The van der Waals surface area contributed by atoms with E-state index in [0.29, 0.717) is 23.9 Å². The van der Waals surface area contributed by atoms with Gasteiger partial charge in [-0.3, -0.25) is 4.79 Å². The Balaban J connectivity index is 1.83. The van der Waals surface area contributed by atoms with Gasteiger partial charge >= 0.3 is 0 Å². The van der Waals surface area contributed by atoms with E-state index >= 15 is 0 Å². The number of nitrogens with zero attached hydrogens (tertiary/aromatic N) is 4. The first kappa shape index (κ1) is 11.7. The highest BCUT2D eigenvalue weighted by Gasteiger charge is 2.10. The Labute approximate surface area is 103 Å². The van der Waals surface area contributed by atoms with Crippen molar-refractivity contribution in [3.05, 3.63) is 29.1 Å². The molecule has 0 aliphatic heterocycles. The molecule has 0 atom stereocenters. The summed E-state index contributed by atoms with van der Waals surface area (Å²) in [5.41, 5.74) is 0. The molecule has 0 aliphatic carbocycles. The van der Waals surface area contributed by atoms with Crippen LogP contribution in [0.4, 0.5) is 0 Å². The molecule has 2 heterocycles. The molecule has 0 spiro atoms. The Morgan fingerprint density at radius 3 is 2.94 bits per heavy atom. The topological polar surface area (TPSA) is 72.7 Å². The minimum atomic E-state index is -0.173. The second-order valence-electron chi connectivity index (χ2n) is 3.57. The van der Waals surface area contributed by atoms with Crippen molar-refractivity contribution in [2.24, 2.45) is 0 Å². The molecule has 0 bridgehead atoms. The summed E-state index contributed by atoms with van der Waals surface area (Å²) in [6, 6.07) is 0. The average molecular weight is 251 g/mol. The molecule has 90 valence electrons. The van der Waals surface area contributed by atoms with Crippen LogP contribution in [0.5, 0.6) is 0 Å². The number of hydrogen-bond donors (Lipinski definition) is 1. The van der Waals surface area contributed by atoms with E-state index in [1.54, 1.807) is 13.1 Å². The fourth-order valence-corrected chi connectivity index (χ4v) is 1.98. The highest BCUT2D eigenvalue weighted by Crippen LogP contribution is 2.03. The van der Waals surface area contributed by atoms with Gasteiger partial charge in [0.25, 0.3) is 5.91 Å².